The van der Waals surface area contributed by atoms with Gasteiger partial charge in [0.15, 0.2) is 11.5 Å². The molecular weight excluding hydrogens is 332 g/mol. The van der Waals surface area contributed by atoms with E-state index in [0.717, 1.165) is 17.7 Å². The molecule has 0 radical (unpaired) electrons. The summed E-state index contributed by atoms with van der Waals surface area (Å²) in [5.74, 6) is 0.983. The number of rotatable bonds is 2. The molecule has 6 nitrogen and oxygen atoms in total. The molecule has 2 aromatic rings. The van der Waals surface area contributed by atoms with Crippen molar-refractivity contribution in [2.24, 2.45) is 0 Å². The number of fused-ring (bicyclic) bond motifs is 2. The SMILES string of the molecule is CC(=O)N1CCc2cc(NC(=O)[C@@H]3Oc4ccccc4O[C@@H]3C)ccc21. The zero-order valence-electron chi connectivity index (χ0n) is 14.7. The van der Waals surface area contributed by atoms with Crippen molar-refractivity contribution in [1.82, 2.24) is 0 Å². The molecule has 4 rings (SSSR count). The van der Waals surface area contributed by atoms with Gasteiger partial charge >= 0.3 is 0 Å². The highest BCUT2D eigenvalue weighted by Crippen LogP contribution is 2.34. The van der Waals surface area contributed by atoms with Crippen LogP contribution in [0, 0.1) is 0 Å². The van der Waals surface area contributed by atoms with Crippen molar-refractivity contribution >= 4 is 23.2 Å². The van der Waals surface area contributed by atoms with Gasteiger partial charge in [0.1, 0.15) is 6.10 Å². The van der Waals surface area contributed by atoms with Crippen LogP contribution in [0.25, 0.3) is 0 Å². The van der Waals surface area contributed by atoms with Gasteiger partial charge in [0, 0.05) is 24.8 Å². The molecule has 2 aliphatic rings. The quantitative estimate of drug-likeness (QED) is 0.902. The lowest BCUT2D eigenvalue weighted by atomic mass is 10.1. The summed E-state index contributed by atoms with van der Waals surface area (Å²) in [4.78, 5) is 26.1. The Balaban J connectivity index is 1.50. The third-order valence-electron chi connectivity index (χ3n) is 4.72. The summed E-state index contributed by atoms with van der Waals surface area (Å²) in [6.07, 6.45) is -0.342. The van der Waals surface area contributed by atoms with E-state index in [9.17, 15) is 9.59 Å². The molecular formula is C20H20N2O4. The Morgan fingerprint density at radius 3 is 2.58 bits per heavy atom. The Morgan fingerprint density at radius 1 is 1.12 bits per heavy atom. The van der Waals surface area contributed by atoms with Gasteiger partial charge in [-0.1, -0.05) is 12.1 Å². The fourth-order valence-corrected chi connectivity index (χ4v) is 3.43. The molecule has 26 heavy (non-hydrogen) atoms. The van der Waals surface area contributed by atoms with Crippen LogP contribution >= 0.6 is 0 Å². The van der Waals surface area contributed by atoms with Crippen LogP contribution < -0.4 is 19.7 Å². The van der Waals surface area contributed by atoms with Crippen LogP contribution in [0.1, 0.15) is 19.4 Å². The number of nitrogens with one attached hydrogen (secondary N) is 1. The predicted octanol–water partition coefficient (Wildman–Crippen LogP) is 2.76. The highest BCUT2D eigenvalue weighted by atomic mass is 16.6. The van der Waals surface area contributed by atoms with Gasteiger partial charge in [-0.3, -0.25) is 9.59 Å². The Hall–Kier alpha value is -3.02. The molecule has 1 N–H and O–H groups in total. The number of para-hydroxylation sites is 2. The van der Waals surface area contributed by atoms with E-state index in [1.807, 2.05) is 37.3 Å². The van der Waals surface area contributed by atoms with Gasteiger partial charge in [-0.2, -0.15) is 0 Å². The maximum atomic E-state index is 12.7. The predicted molar refractivity (Wildman–Crippen MR) is 97.8 cm³/mol. The van der Waals surface area contributed by atoms with E-state index >= 15 is 0 Å². The lowest BCUT2D eigenvalue weighted by Gasteiger charge is -2.31. The van der Waals surface area contributed by atoms with Gasteiger partial charge < -0.3 is 19.7 Å². The second-order valence-electron chi connectivity index (χ2n) is 6.56. The van der Waals surface area contributed by atoms with E-state index in [2.05, 4.69) is 5.32 Å². The van der Waals surface area contributed by atoms with Gasteiger partial charge in [-0.15, -0.1) is 0 Å². The highest BCUT2D eigenvalue weighted by Gasteiger charge is 2.34. The Morgan fingerprint density at radius 2 is 1.85 bits per heavy atom. The maximum Gasteiger partial charge on any atom is 0.269 e. The van der Waals surface area contributed by atoms with E-state index in [0.29, 0.717) is 23.7 Å². The number of hydrogen-bond donors (Lipinski definition) is 1. The van der Waals surface area contributed by atoms with Crippen molar-refractivity contribution in [3.63, 3.8) is 0 Å². The molecule has 2 amide bonds. The van der Waals surface area contributed by atoms with Crippen LogP contribution in [0.3, 0.4) is 0 Å². The molecule has 2 aliphatic heterocycles. The summed E-state index contributed by atoms with van der Waals surface area (Å²) in [6.45, 7) is 4.05. The summed E-state index contributed by atoms with van der Waals surface area (Å²) >= 11 is 0. The van der Waals surface area contributed by atoms with Crippen molar-refractivity contribution < 1.29 is 19.1 Å². The lowest BCUT2D eigenvalue weighted by molar-refractivity contribution is -0.128. The zero-order valence-corrected chi connectivity index (χ0v) is 14.7. The standard InChI is InChI=1S/C20H20N2O4/c1-12-19(26-18-6-4-3-5-17(18)25-12)20(24)21-15-7-8-16-14(11-15)9-10-22(16)13(2)23/h3-8,11-12,19H,9-10H2,1-2H3,(H,21,24)/t12-,19-/m1/s1. The lowest BCUT2D eigenvalue weighted by Crippen LogP contribution is -2.46. The third kappa shape index (κ3) is 2.87. The zero-order chi connectivity index (χ0) is 18.3. The first-order chi connectivity index (χ1) is 12.5. The summed E-state index contributed by atoms with van der Waals surface area (Å²) in [5.41, 5.74) is 2.65. The fourth-order valence-electron chi connectivity index (χ4n) is 3.43. The summed E-state index contributed by atoms with van der Waals surface area (Å²) in [6, 6.07) is 12.9. The van der Waals surface area contributed by atoms with Crippen molar-refractivity contribution in [3.05, 3.63) is 48.0 Å². The maximum absolute atomic E-state index is 12.7. The molecule has 0 fully saturated rings. The van der Waals surface area contributed by atoms with Gasteiger partial charge in [0.2, 0.25) is 12.0 Å². The van der Waals surface area contributed by atoms with E-state index in [4.69, 9.17) is 9.47 Å². The molecule has 0 aliphatic carbocycles. The molecule has 2 atom stereocenters. The number of hydrogen-bond acceptors (Lipinski definition) is 4. The summed E-state index contributed by atoms with van der Waals surface area (Å²) in [7, 11) is 0. The second kappa shape index (κ2) is 6.37. The molecule has 2 aromatic carbocycles. The van der Waals surface area contributed by atoms with Crippen LogP contribution in [0.2, 0.25) is 0 Å². The fraction of sp³-hybridized carbons (Fsp3) is 0.300. The minimum Gasteiger partial charge on any atom is -0.482 e. The molecule has 2 heterocycles. The van der Waals surface area contributed by atoms with Crippen LogP contribution in [0.4, 0.5) is 11.4 Å². The summed E-state index contributed by atoms with van der Waals surface area (Å²) in [5, 5.41) is 2.90. The van der Waals surface area contributed by atoms with Gasteiger partial charge in [-0.05, 0) is 49.2 Å². The number of nitrogens with zero attached hydrogens (tertiary/aromatic N) is 1. The van der Waals surface area contributed by atoms with Crippen molar-refractivity contribution in [2.45, 2.75) is 32.5 Å². The molecule has 134 valence electrons. The first kappa shape index (κ1) is 16.4. The number of carbonyl (C=O) groups is 2. The number of anilines is 2. The number of ether oxygens (including phenoxy) is 2. The third-order valence-corrected chi connectivity index (χ3v) is 4.72. The molecule has 0 bridgehead atoms. The smallest absolute Gasteiger partial charge is 0.269 e. The first-order valence-corrected chi connectivity index (χ1v) is 8.67. The molecule has 0 aromatic heterocycles. The molecule has 0 saturated carbocycles. The number of benzene rings is 2. The van der Waals surface area contributed by atoms with Gasteiger partial charge in [0.05, 0.1) is 0 Å². The first-order valence-electron chi connectivity index (χ1n) is 8.67. The average Bonchev–Trinajstić information content (AvgIpc) is 3.04. The van der Waals surface area contributed by atoms with Gasteiger partial charge in [0.25, 0.3) is 5.91 Å². The van der Waals surface area contributed by atoms with Crippen LogP contribution in [0.5, 0.6) is 11.5 Å². The summed E-state index contributed by atoms with van der Waals surface area (Å²) < 4.78 is 11.6. The number of amides is 2. The van der Waals surface area contributed by atoms with Gasteiger partial charge in [-0.25, -0.2) is 0 Å². The Bertz CT molecular complexity index is 880. The largest absolute Gasteiger partial charge is 0.482 e. The normalized spacial score (nSPS) is 20.5. The monoisotopic (exact) mass is 352 g/mol. The van der Waals surface area contributed by atoms with Crippen molar-refractivity contribution in [3.8, 4) is 11.5 Å². The second-order valence-corrected chi connectivity index (χ2v) is 6.56. The van der Waals surface area contributed by atoms with E-state index in [-0.39, 0.29) is 11.8 Å². The molecule has 0 saturated heterocycles. The Labute approximate surface area is 151 Å². The molecule has 0 unspecified atom stereocenters. The topological polar surface area (TPSA) is 67.9 Å². The Kier molecular flexibility index (Phi) is 4.03. The molecule has 6 heteroatoms. The highest BCUT2D eigenvalue weighted by molar-refractivity contribution is 5.97. The van der Waals surface area contributed by atoms with Crippen molar-refractivity contribution in [2.75, 3.05) is 16.8 Å². The van der Waals surface area contributed by atoms with Crippen LogP contribution in [-0.4, -0.2) is 30.6 Å². The average molecular weight is 352 g/mol. The molecule has 0 spiro atoms. The van der Waals surface area contributed by atoms with Crippen molar-refractivity contribution in [1.29, 1.82) is 0 Å². The minimum atomic E-state index is -0.730. The van der Waals surface area contributed by atoms with E-state index < -0.39 is 12.2 Å². The van der Waals surface area contributed by atoms with Crippen LogP contribution in [0.15, 0.2) is 42.5 Å². The minimum absolute atomic E-state index is 0.0285. The van der Waals surface area contributed by atoms with E-state index in [1.165, 1.54) is 0 Å². The number of carbonyl (C=O) groups excluding carboxylic acids is 2. The van der Waals surface area contributed by atoms with E-state index in [1.54, 1.807) is 24.0 Å². The van der Waals surface area contributed by atoms with Crippen LogP contribution in [-0.2, 0) is 16.0 Å².